The first kappa shape index (κ1) is 7.70. The highest BCUT2D eigenvalue weighted by Gasteiger charge is 2.22. The molecule has 1 N–H and O–H groups in total. The lowest BCUT2D eigenvalue weighted by Crippen LogP contribution is -2.19. The Morgan fingerprint density at radius 1 is 1.64 bits per heavy atom. The van der Waals surface area contributed by atoms with E-state index in [0.717, 1.165) is 0 Å². The zero-order valence-corrected chi connectivity index (χ0v) is 6.15. The van der Waals surface area contributed by atoms with Crippen LogP contribution in [0.4, 0.5) is 0 Å². The molecule has 0 fully saturated rings. The number of pyridine rings is 1. The van der Waals surface area contributed by atoms with Gasteiger partial charge in [-0.2, -0.15) is 5.26 Å². The number of hydrogen-bond acceptors (Lipinski definition) is 3. The van der Waals surface area contributed by atoms with E-state index in [9.17, 15) is 5.11 Å². The molecule has 0 aromatic carbocycles. The van der Waals surface area contributed by atoms with Gasteiger partial charge in [0.25, 0.3) is 0 Å². The molecular weight excluding hydrogens is 140 g/mol. The smallest absolute Gasteiger partial charge is 0.190 e. The molecule has 0 aliphatic rings. The predicted octanol–water partition coefficient (Wildman–Crippen LogP) is 0.813. The van der Waals surface area contributed by atoms with Crippen molar-refractivity contribution in [2.24, 2.45) is 0 Å². The summed E-state index contributed by atoms with van der Waals surface area (Å²) >= 11 is 0. The van der Waals surface area contributed by atoms with Gasteiger partial charge in [-0.15, -0.1) is 0 Å². The SMILES string of the molecule is CC(O)(C#N)c1ccccn1. The third-order valence-electron chi connectivity index (χ3n) is 1.38. The molecular formula is C8H8N2O. The van der Waals surface area contributed by atoms with Crippen molar-refractivity contribution in [2.45, 2.75) is 12.5 Å². The van der Waals surface area contributed by atoms with Gasteiger partial charge >= 0.3 is 0 Å². The van der Waals surface area contributed by atoms with Gasteiger partial charge in [-0.1, -0.05) is 6.07 Å². The Morgan fingerprint density at radius 2 is 2.36 bits per heavy atom. The minimum absolute atomic E-state index is 0.377. The Hall–Kier alpha value is -1.40. The highest BCUT2D eigenvalue weighted by atomic mass is 16.3. The lowest BCUT2D eigenvalue weighted by atomic mass is 10.0. The van der Waals surface area contributed by atoms with Gasteiger partial charge in [0.05, 0.1) is 5.69 Å². The number of nitrogens with zero attached hydrogens (tertiary/aromatic N) is 2. The van der Waals surface area contributed by atoms with Crippen molar-refractivity contribution in [3.05, 3.63) is 30.1 Å². The van der Waals surface area contributed by atoms with Crippen molar-refractivity contribution in [3.63, 3.8) is 0 Å². The van der Waals surface area contributed by atoms with Gasteiger partial charge in [-0.05, 0) is 19.1 Å². The second-order valence-corrected chi connectivity index (χ2v) is 2.40. The molecule has 0 amide bonds. The Bertz CT molecular complexity index is 274. The summed E-state index contributed by atoms with van der Waals surface area (Å²) in [4.78, 5) is 3.85. The van der Waals surface area contributed by atoms with Crippen LogP contribution in [0.1, 0.15) is 12.6 Å². The van der Waals surface area contributed by atoms with Gasteiger partial charge < -0.3 is 5.11 Å². The molecule has 0 spiro atoms. The first-order chi connectivity index (χ1) is 5.17. The molecule has 1 rings (SSSR count). The van der Waals surface area contributed by atoms with Crippen molar-refractivity contribution < 1.29 is 5.11 Å². The lowest BCUT2D eigenvalue weighted by Gasteiger charge is -2.11. The highest BCUT2D eigenvalue weighted by molar-refractivity contribution is 5.19. The molecule has 0 aliphatic heterocycles. The molecule has 0 radical (unpaired) electrons. The summed E-state index contributed by atoms with van der Waals surface area (Å²) in [6.07, 6.45) is 1.54. The second kappa shape index (κ2) is 2.69. The zero-order chi connectivity index (χ0) is 8.32. The monoisotopic (exact) mass is 148 g/mol. The number of aliphatic hydroxyl groups is 1. The fourth-order valence-electron chi connectivity index (χ4n) is 0.708. The molecule has 1 unspecified atom stereocenters. The fourth-order valence-corrected chi connectivity index (χ4v) is 0.708. The summed E-state index contributed by atoms with van der Waals surface area (Å²) in [5, 5.41) is 17.9. The topological polar surface area (TPSA) is 56.9 Å². The first-order valence-corrected chi connectivity index (χ1v) is 3.22. The van der Waals surface area contributed by atoms with Crippen molar-refractivity contribution in [1.29, 1.82) is 5.26 Å². The van der Waals surface area contributed by atoms with Crippen molar-refractivity contribution in [3.8, 4) is 6.07 Å². The van der Waals surface area contributed by atoms with Crippen LogP contribution in [0.15, 0.2) is 24.4 Å². The van der Waals surface area contributed by atoms with Gasteiger partial charge in [0.15, 0.2) is 5.60 Å². The molecule has 0 bridgehead atoms. The van der Waals surface area contributed by atoms with Crippen LogP contribution in [0.3, 0.4) is 0 Å². The van der Waals surface area contributed by atoms with Gasteiger partial charge in [0, 0.05) is 6.20 Å². The van der Waals surface area contributed by atoms with Crippen LogP contribution in [0.5, 0.6) is 0 Å². The fraction of sp³-hybridized carbons (Fsp3) is 0.250. The molecule has 1 heterocycles. The van der Waals surface area contributed by atoms with Crippen LogP contribution in [0.2, 0.25) is 0 Å². The maximum absolute atomic E-state index is 9.37. The molecule has 56 valence electrons. The van der Waals surface area contributed by atoms with Gasteiger partial charge in [0.1, 0.15) is 6.07 Å². The van der Waals surface area contributed by atoms with E-state index in [1.54, 1.807) is 30.5 Å². The Balaban J connectivity index is 3.05. The van der Waals surface area contributed by atoms with Crippen LogP contribution in [0.25, 0.3) is 0 Å². The number of aromatic nitrogens is 1. The van der Waals surface area contributed by atoms with Crippen LogP contribution >= 0.6 is 0 Å². The minimum Gasteiger partial charge on any atom is -0.370 e. The molecule has 0 aliphatic carbocycles. The summed E-state index contributed by atoms with van der Waals surface area (Å²) in [6, 6.07) is 6.83. The third kappa shape index (κ3) is 1.54. The van der Waals surface area contributed by atoms with E-state index in [-0.39, 0.29) is 0 Å². The van der Waals surface area contributed by atoms with Gasteiger partial charge in [0.2, 0.25) is 0 Å². The maximum Gasteiger partial charge on any atom is 0.190 e. The predicted molar refractivity (Wildman–Crippen MR) is 39.4 cm³/mol. The zero-order valence-electron chi connectivity index (χ0n) is 6.15. The molecule has 3 nitrogen and oxygen atoms in total. The Morgan fingerprint density at radius 3 is 2.82 bits per heavy atom. The average Bonchev–Trinajstić information content (AvgIpc) is 2.06. The minimum atomic E-state index is -1.47. The third-order valence-corrected chi connectivity index (χ3v) is 1.38. The van der Waals surface area contributed by atoms with E-state index in [1.165, 1.54) is 6.92 Å². The summed E-state index contributed by atoms with van der Waals surface area (Å²) in [5.41, 5.74) is -1.09. The molecule has 11 heavy (non-hydrogen) atoms. The maximum atomic E-state index is 9.37. The Labute approximate surface area is 64.9 Å². The number of nitriles is 1. The number of rotatable bonds is 1. The normalized spacial score (nSPS) is 15.0. The number of hydrogen-bond donors (Lipinski definition) is 1. The van der Waals surface area contributed by atoms with Crippen LogP contribution < -0.4 is 0 Å². The summed E-state index contributed by atoms with van der Waals surface area (Å²) in [7, 11) is 0. The van der Waals surface area contributed by atoms with Crippen molar-refractivity contribution >= 4 is 0 Å². The van der Waals surface area contributed by atoms with E-state index in [1.807, 2.05) is 0 Å². The van der Waals surface area contributed by atoms with Crippen molar-refractivity contribution in [2.75, 3.05) is 0 Å². The van der Waals surface area contributed by atoms with Crippen LogP contribution in [0, 0.1) is 11.3 Å². The summed E-state index contributed by atoms with van der Waals surface area (Å²) in [6.45, 7) is 1.41. The van der Waals surface area contributed by atoms with E-state index in [0.29, 0.717) is 5.69 Å². The molecule has 0 saturated carbocycles. The summed E-state index contributed by atoms with van der Waals surface area (Å²) in [5.74, 6) is 0. The van der Waals surface area contributed by atoms with Crippen LogP contribution in [-0.4, -0.2) is 10.1 Å². The molecule has 1 aromatic heterocycles. The van der Waals surface area contributed by atoms with Crippen LogP contribution in [-0.2, 0) is 5.60 Å². The van der Waals surface area contributed by atoms with Gasteiger partial charge in [-0.25, -0.2) is 0 Å². The van der Waals surface area contributed by atoms with E-state index >= 15 is 0 Å². The molecule has 1 atom stereocenters. The molecule has 1 aromatic rings. The van der Waals surface area contributed by atoms with E-state index in [2.05, 4.69) is 4.98 Å². The molecule has 0 saturated heterocycles. The average molecular weight is 148 g/mol. The lowest BCUT2D eigenvalue weighted by molar-refractivity contribution is 0.115. The first-order valence-electron chi connectivity index (χ1n) is 3.22. The molecule has 3 heteroatoms. The van der Waals surface area contributed by atoms with Crippen molar-refractivity contribution in [1.82, 2.24) is 4.98 Å². The van der Waals surface area contributed by atoms with E-state index in [4.69, 9.17) is 5.26 Å². The standard InChI is InChI=1S/C8H8N2O/c1-8(11,6-9)7-4-2-3-5-10-7/h2-5,11H,1H3. The van der Waals surface area contributed by atoms with E-state index < -0.39 is 5.60 Å². The second-order valence-electron chi connectivity index (χ2n) is 2.40. The summed E-state index contributed by atoms with van der Waals surface area (Å²) < 4.78 is 0. The largest absolute Gasteiger partial charge is 0.370 e. The van der Waals surface area contributed by atoms with Gasteiger partial charge in [-0.3, -0.25) is 4.98 Å². The quantitative estimate of drug-likeness (QED) is 0.599. The highest BCUT2D eigenvalue weighted by Crippen LogP contribution is 2.15. The Kier molecular flexibility index (Phi) is 1.88.